The molecule has 0 unspecified atom stereocenters. The maximum Gasteiger partial charge on any atom is 0.341 e. The van der Waals surface area contributed by atoms with E-state index in [0.29, 0.717) is 41.7 Å². The van der Waals surface area contributed by atoms with Crippen LogP contribution in [-0.4, -0.2) is 29.6 Å². The third-order valence-electron chi connectivity index (χ3n) is 4.12. The monoisotopic (exact) mass is 369 g/mol. The highest BCUT2D eigenvalue weighted by Gasteiger charge is 2.29. The second-order valence-electron chi connectivity index (χ2n) is 6.29. The van der Waals surface area contributed by atoms with Gasteiger partial charge in [-0.25, -0.2) is 0 Å². The molecule has 0 heterocycles. The van der Waals surface area contributed by atoms with Crippen LogP contribution >= 0.6 is 0 Å². The molecule has 0 radical (unpaired) electrons. The number of ether oxygens (including phenoxy) is 2. The molecule has 0 aromatic heterocycles. The Labute approximate surface area is 160 Å². The fourth-order valence-electron chi connectivity index (χ4n) is 2.52. The SMILES string of the molecule is CCCCOC1=CC(NC(=O)c2ccccc2)=C(OCCCC)CC1=[N+]=[N-]. The third kappa shape index (κ3) is 6.12. The standard InChI is InChI=1S/C21H27N3O3/c1-3-5-12-26-19-15-18(24-22)20(27-13-6-4-2)14-17(19)23-21(25)16-10-8-7-9-11-16/h7-11,14H,3-6,12-13,15H2,1-2H3,(H,23,25). The van der Waals surface area contributed by atoms with Crippen molar-refractivity contribution in [2.75, 3.05) is 13.2 Å². The predicted molar refractivity (Wildman–Crippen MR) is 104 cm³/mol. The molecule has 0 aliphatic heterocycles. The first-order valence-corrected chi connectivity index (χ1v) is 9.47. The maximum atomic E-state index is 12.6. The number of carbonyl (C=O) groups is 1. The van der Waals surface area contributed by atoms with E-state index in [4.69, 9.17) is 9.47 Å². The van der Waals surface area contributed by atoms with Gasteiger partial charge < -0.3 is 20.3 Å². The fraction of sp³-hybridized carbons (Fsp3) is 0.429. The van der Waals surface area contributed by atoms with Gasteiger partial charge in [0.25, 0.3) is 5.91 Å². The van der Waals surface area contributed by atoms with Crippen molar-refractivity contribution in [1.29, 1.82) is 0 Å². The van der Waals surface area contributed by atoms with Crippen molar-refractivity contribution in [3.05, 3.63) is 64.7 Å². The van der Waals surface area contributed by atoms with Gasteiger partial charge in [0.2, 0.25) is 5.76 Å². The smallest absolute Gasteiger partial charge is 0.341 e. The molecular weight excluding hydrogens is 342 g/mol. The van der Waals surface area contributed by atoms with E-state index in [1.165, 1.54) is 0 Å². The summed E-state index contributed by atoms with van der Waals surface area (Å²) in [6.07, 6.45) is 5.74. The first kappa shape index (κ1) is 20.5. The van der Waals surface area contributed by atoms with E-state index >= 15 is 0 Å². The summed E-state index contributed by atoms with van der Waals surface area (Å²) < 4.78 is 11.6. The van der Waals surface area contributed by atoms with Crippen molar-refractivity contribution in [2.24, 2.45) is 0 Å². The molecule has 1 amide bonds. The Morgan fingerprint density at radius 2 is 1.78 bits per heavy atom. The maximum absolute atomic E-state index is 12.6. The van der Waals surface area contributed by atoms with Crippen LogP contribution in [0.5, 0.6) is 0 Å². The topological polar surface area (TPSA) is 84.0 Å². The van der Waals surface area contributed by atoms with Gasteiger partial charge >= 0.3 is 5.71 Å². The number of rotatable bonds is 10. The Kier molecular flexibility index (Phi) is 8.33. The molecule has 1 aromatic rings. The summed E-state index contributed by atoms with van der Waals surface area (Å²) in [5.41, 5.74) is 10.9. The summed E-state index contributed by atoms with van der Waals surface area (Å²) in [4.78, 5) is 15.9. The molecule has 0 saturated carbocycles. The molecule has 2 rings (SSSR count). The van der Waals surface area contributed by atoms with Gasteiger partial charge in [0.1, 0.15) is 12.2 Å². The minimum atomic E-state index is -0.226. The molecule has 1 aliphatic carbocycles. The van der Waals surface area contributed by atoms with Gasteiger partial charge in [0, 0.05) is 11.6 Å². The lowest BCUT2D eigenvalue weighted by Crippen LogP contribution is -2.28. The van der Waals surface area contributed by atoms with Gasteiger partial charge in [0.05, 0.1) is 18.9 Å². The highest BCUT2D eigenvalue weighted by atomic mass is 16.5. The zero-order valence-corrected chi connectivity index (χ0v) is 16.0. The van der Waals surface area contributed by atoms with Gasteiger partial charge in [-0.3, -0.25) is 4.79 Å². The fourth-order valence-corrected chi connectivity index (χ4v) is 2.52. The largest absolute Gasteiger partial charge is 0.495 e. The summed E-state index contributed by atoms with van der Waals surface area (Å²) in [7, 11) is 0. The third-order valence-corrected chi connectivity index (χ3v) is 4.12. The number of hydrogen-bond acceptors (Lipinski definition) is 3. The number of nitrogens with zero attached hydrogens (tertiary/aromatic N) is 2. The summed E-state index contributed by atoms with van der Waals surface area (Å²) in [6, 6.07) is 8.99. The number of benzene rings is 1. The molecule has 6 nitrogen and oxygen atoms in total. The Balaban J connectivity index is 2.25. The van der Waals surface area contributed by atoms with E-state index in [1.807, 2.05) is 18.2 Å². The summed E-state index contributed by atoms with van der Waals surface area (Å²) in [5, 5.41) is 2.90. The summed E-state index contributed by atoms with van der Waals surface area (Å²) >= 11 is 0. The normalized spacial score (nSPS) is 13.7. The van der Waals surface area contributed by atoms with E-state index in [9.17, 15) is 10.3 Å². The minimum absolute atomic E-state index is 0.226. The predicted octanol–water partition coefficient (Wildman–Crippen LogP) is 4.22. The number of hydrogen-bond donors (Lipinski definition) is 1. The lowest BCUT2D eigenvalue weighted by Gasteiger charge is -2.19. The van der Waals surface area contributed by atoms with Crippen LogP contribution in [-0.2, 0) is 9.47 Å². The minimum Gasteiger partial charge on any atom is -0.495 e. The Bertz CT molecular complexity index is 747. The van der Waals surface area contributed by atoms with Crippen LogP contribution in [0.15, 0.2) is 53.6 Å². The van der Waals surface area contributed by atoms with Crippen LogP contribution in [0, 0.1) is 0 Å². The number of allylic oxidation sites excluding steroid dienone is 3. The van der Waals surface area contributed by atoms with E-state index in [-0.39, 0.29) is 12.3 Å². The second kappa shape index (κ2) is 11.0. The summed E-state index contributed by atoms with van der Waals surface area (Å²) in [5.74, 6) is 0.802. The van der Waals surface area contributed by atoms with Gasteiger partial charge in [-0.15, -0.1) is 0 Å². The number of amides is 1. The highest BCUT2D eigenvalue weighted by molar-refractivity contribution is 5.99. The number of nitrogens with one attached hydrogen (secondary N) is 1. The van der Waals surface area contributed by atoms with Crippen molar-refractivity contribution in [1.82, 2.24) is 5.32 Å². The van der Waals surface area contributed by atoms with Crippen LogP contribution < -0.4 is 5.32 Å². The van der Waals surface area contributed by atoms with Crippen LogP contribution in [0.2, 0.25) is 0 Å². The first-order valence-electron chi connectivity index (χ1n) is 9.47. The number of unbranched alkanes of at least 4 members (excludes halogenated alkanes) is 2. The van der Waals surface area contributed by atoms with Gasteiger partial charge in [-0.05, 0) is 25.0 Å². The lowest BCUT2D eigenvalue weighted by molar-refractivity contribution is -0.0139. The van der Waals surface area contributed by atoms with Crippen molar-refractivity contribution in [3.63, 3.8) is 0 Å². The van der Waals surface area contributed by atoms with E-state index in [0.717, 1.165) is 25.7 Å². The molecule has 1 aliphatic rings. The van der Waals surface area contributed by atoms with Crippen molar-refractivity contribution < 1.29 is 19.1 Å². The molecule has 0 spiro atoms. The zero-order chi connectivity index (χ0) is 19.5. The summed E-state index contributed by atoms with van der Waals surface area (Å²) in [6.45, 7) is 5.21. The van der Waals surface area contributed by atoms with Crippen LogP contribution in [0.1, 0.15) is 56.3 Å². The van der Waals surface area contributed by atoms with E-state index in [2.05, 4.69) is 24.0 Å². The van der Waals surface area contributed by atoms with Crippen LogP contribution in [0.25, 0.3) is 5.53 Å². The molecule has 0 atom stereocenters. The quantitative estimate of drug-likeness (QED) is 0.381. The molecule has 27 heavy (non-hydrogen) atoms. The highest BCUT2D eigenvalue weighted by Crippen LogP contribution is 2.23. The van der Waals surface area contributed by atoms with Gasteiger partial charge in [-0.1, -0.05) is 44.9 Å². The Hall–Kier alpha value is -2.85. The number of carbonyl (C=O) groups excluding carboxylic acids is 1. The van der Waals surface area contributed by atoms with Crippen molar-refractivity contribution in [3.8, 4) is 0 Å². The molecule has 144 valence electrons. The van der Waals surface area contributed by atoms with Crippen LogP contribution in [0.4, 0.5) is 0 Å². The molecular formula is C21H27N3O3. The zero-order valence-electron chi connectivity index (χ0n) is 16.0. The molecule has 0 saturated heterocycles. The van der Waals surface area contributed by atoms with Crippen LogP contribution in [0.3, 0.4) is 0 Å². The molecule has 1 aromatic carbocycles. The van der Waals surface area contributed by atoms with Gasteiger partial charge in [-0.2, -0.15) is 4.79 Å². The van der Waals surface area contributed by atoms with E-state index in [1.54, 1.807) is 18.2 Å². The van der Waals surface area contributed by atoms with Crippen molar-refractivity contribution in [2.45, 2.75) is 46.0 Å². The average Bonchev–Trinajstić information content (AvgIpc) is 2.70. The Morgan fingerprint density at radius 3 is 2.41 bits per heavy atom. The molecule has 0 bridgehead atoms. The van der Waals surface area contributed by atoms with Crippen molar-refractivity contribution >= 4 is 11.6 Å². The Morgan fingerprint density at radius 1 is 1.11 bits per heavy atom. The molecule has 1 N–H and O–H groups in total. The molecule has 0 fully saturated rings. The molecule has 6 heteroatoms. The van der Waals surface area contributed by atoms with E-state index < -0.39 is 0 Å². The average molecular weight is 369 g/mol. The first-order chi connectivity index (χ1) is 13.2. The second-order valence-corrected chi connectivity index (χ2v) is 6.29. The van der Waals surface area contributed by atoms with Gasteiger partial charge in [0.15, 0.2) is 0 Å². The lowest BCUT2D eigenvalue weighted by atomic mass is 10.1.